The largest absolute Gasteiger partial charge is 0.469 e. The first-order valence-electron chi connectivity index (χ1n) is 42.8. The van der Waals surface area contributed by atoms with Crippen molar-refractivity contribution in [3.8, 4) is 0 Å². The van der Waals surface area contributed by atoms with Gasteiger partial charge in [-0.2, -0.15) is 87.8 Å². The van der Waals surface area contributed by atoms with Gasteiger partial charge >= 0.3 is 144 Å². The molecule has 4 bridgehead atoms. The first kappa shape index (κ1) is 143. The summed E-state index contributed by atoms with van der Waals surface area (Å²) in [5.41, 5.74) is -1.10. The van der Waals surface area contributed by atoms with E-state index in [9.17, 15) is 180 Å². The molecule has 5 saturated carbocycles. The first-order valence-corrected chi connectivity index (χ1v) is 42.8. The van der Waals surface area contributed by atoms with Crippen LogP contribution < -0.4 is 0 Å². The van der Waals surface area contributed by atoms with Gasteiger partial charge in [-0.1, -0.05) is 19.3 Å². The summed E-state index contributed by atoms with van der Waals surface area (Å²) in [4.78, 5) is 135. The van der Waals surface area contributed by atoms with Crippen LogP contribution in [0.2, 0.25) is 0 Å². The SMILES string of the molecule is COC(=O)C(O)(OCCC(C)(F)F)C(F)(F)F.COC(=O)C(OCCC(C)(F)F)(OC(=O)C12CC3CC(CC(C3)C1)C2)C(F)(F)F.COC(=O)C(OCCC(C)(F)F)(OC(=O)C1CCCCC1)C(F)(F)F.COC(=O)C(OCCC(C)(F)F)(OC(C)=O)C(F)(F)F.COC(=O)CCC(COC(C)(F)F)OC(C)=O.COC(=O)CCC(O)COC(C)(F)F.COC(=O)CCCOC(C)(F)F.COC(=O)CCOC(C)(F)F. The molecule has 0 radical (unpaired) electrons. The van der Waals surface area contributed by atoms with Crippen molar-refractivity contribution in [3.63, 3.8) is 0 Å². The third kappa shape index (κ3) is 59.9. The lowest BCUT2D eigenvalue weighted by Crippen LogP contribution is -2.61. The number of esters is 12. The van der Waals surface area contributed by atoms with Gasteiger partial charge in [-0.05, 0) is 116 Å². The van der Waals surface area contributed by atoms with Gasteiger partial charge in [0.1, 0.15) is 6.10 Å². The Labute approximate surface area is 812 Å². The summed E-state index contributed by atoms with van der Waals surface area (Å²) >= 11 is 0. The zero-order chi connectivity index (χ0) is 114. The van der Waals surface area contributed by atoms with Crippen LogP contribution in [0.25, 0.3) is 0 Å². The van der Waals surface area contributed by atoms with Gasteiger partial charge in [-0.15, -0.1) is 0 Å². The highest BCUT2D eigenvalue weighted by molar-refractivity contribution is 5.86. The Bertz CT molecular complexity index is 3830. The van der Waals surface area contributed by atoms with E-state index in [0.29, 0.717) is 136 Å². The molecule has 5 rings (SSSR count). The van der Waals surface area contributed by atoms with Crippen LogP contribution in [0.1, 0.15) is 210 Å². The van der Waals surface area contributed by atoms with Crippen LogP contribution in [-0.4, -0.2) is 300 Å². The molecule has 62 heteroatoms. The minimum Gasteiger partial charge on any atom is -0.469 e. The predicted octanol–water partition coefficient (Wildman–Crippen LogP) is 16.5. The number of methoxy groups -OCH3 is 8. The van der Waals surface area contributed by atoms with E-state index in [2.05, 4.69) is 85.3 Å². The number of alkyl halides is 28. The molecular weight excluding hydrogens is 2070 g/mol. The molecule has 2 N–H and O–H groups in total. The number of hydrogen-bond donors (Lipinski definition) is 2. The minimum atomic E-state index is -5.50. The molecule has 0 aromatic carbocycles. The van der Waals surface area contributed by atoms with Crippen molar-refractivity contribution < 1.29 is 285 Å². The van der Waals surface area contributed by atoms with Crippen molar-refractivity contribution in [3.05, 3.63) is 0 Å². The van der Waals surface area contributed by atoms with E-state index in [4.69, 9.17) is 19.7 Å². The normalized spacial score (nSPS) is 18.7. The van der Waals surface area contributed by atoms with Crippen LogP contribution in [0.3, 0.4) is 0 Å². The second kappa shape index (κ2) is 62.7. The van der Waals surface area contributed by atoms with Gasteiger partial charge in [-0.3, -0.25) is 38.4 Å². The lowest BCUT2D eigenvalue weighted by molar-refractivity contribution is -0.359. The fourth-order valence-corrected chi connectivity index (χ4v) is 12.5. The molecule has 0 amide bonds. The molecule has 6 unspecified atom stereocenters. The van der Waals surface area contributed by atoms with Crippen molar-refractivity contribution in [1.82, 2.24) is 0 Å². The highest BCUT2D eigenvalue weighted by Gasteiger charge is 2.72. The second-order valence-corrected chi connectivity index (χ2v) is 32.7. The Hall–Kier alpha value is -8.72. The molecule has 0 heterocycles. The maximum atomic E-state index is 13.9. The Morgan fingerprint density at radius 1 is 0.331 bits per heavy atom. The highest BCUT2D eigenvalue weighted by Crippen LogP contribution is 2.61. The zero-order valence-electron chi connectivity index (χ0n) is 81.7. The molecule has 0 spiro atoms. The fourth-order valence-electron chi connectivity index (χ4n) is 12.5. The molecule has 5 aliphatic carbocycles. The fraction of sp³-hybridized carbons (Fsp3) is 0.855. The highest BCUT2D eigenvalue weighted by atomic mass is 19.4. The molecule has 145 heavy (non-hydrogen) atoms. The Kier molecular flexibility index (Phi) is 61.6. The smallest absolute Gasteiger partial charge is 0.468 e. The molecular formula is C83H122F28O34. The van der Waals surface area contributed by atoms with Gasteiger partial charge in [0.15, 0.2) is 0 Å². The summed E-state index contributed by atoms with van der Waals surface area (Å²) in [6.07, 6.45) is -34.1. The van der Waals surface area contributed by atoms with E-state index in [1.165, 1.54) is 28.4 Å². The van der Waals surface area contributed by atoms with Crippen molar-refractivity contribution >= 4 is 71.6 Å². The van der Waals surface area contributed by atoms with Crippen LogP contribution in [0.4, 0.5) is 123 Å². The summed E-state index contributed by atoms with van der Waals surface area (Å²) < 4.78 is 440. The Morgan fingerprint density at radius 3 is 0.952 bits per heavy atom. The topological polar surface area (TPSA) is 430 Å². The van der Waals surface area contributed by atoms with Crippen molar-refractivity contribution in [1.29, 1.82) is 0 Å². The van der Waals surface area contributed by atoms with E-state index in [-0.39, 0.29) is 75.9 Å². The molecule has 5 fully saturated rings. The molecule has 0 aliphatic heterocycles. The number of ether oxygens (including phenoxy) is 20. The summed E-state index contributed by atoms with van der Waals surface area (Å²) in [6, 6.07) is 0. The van der Waals surface area contributed by atoms with Gasteiger partial charge in [0.05, 0.1) is 134 Å². The number of aliphatic hydroxyl groups excluding tert-OH is 1. The summed E-state index contributed by atoms with van der Waals surface area (Å²) in [7, 11) is 7.38. The van der Waals surface area contributed by atoms with Crippen molar-refractivity contribution in [2.45, 2.75) is 319 Å². The van der Waals surface area contributed by atoms with Crippen molar-refractivity contribution in [2.75, 3.05) is 110 Å². The van der Waals surface area contributed by atoms with Gasteiger partial charge in [0, 0.05) is 86.5 Å². The van der Waals surface area contributed by atoms with Crippen LogP contribution in [-0.2, 0) is 152 Å². The van der Waals surface area contributed by atoms with Gasteiger partial charge in [-0.25, -0.2) is 54.3 Å². The van der Waals surface area contributed by atoms with Gasteiger partial charge in [0.25, 0.3) is 0 Å². The molecule has 0 aromatic heterocycles. The standard InChI is InChI=1S/C19H25F5O5.C15H21F5O5.C10H13F5O5.C10H16F2O5.C8H11F5O4.C8H14F2O4.C7H12F2O3.C6H10F2O3/c1-16(20,21)3-4-28-18(15(26)27-2,19(22,23)24)29-14(25)17-8-11-5-12(9-17)7-13(6-11)10-17;1-13(16,17)8-9-24-14(12(22)23-2,15(18,19)20)25-11(21)10-6-4-3-5-7-10;1-6(16)20-9(7(17)18-3,10(13,14)15)19-5-4-8(2,11)12;1-7(13)17-8(4-5-9(14)15-3)6-16-10(2,11)12;1-6(9,10)3-4-17-7(15,5(14)16-2)8(11,12)13;1-8(9,10)14-5-6(11)3-4-7(12)13-2;1-7(8,9)12-5-3-4-6(10)11-2;1-6(7,8)11-4-3-5(9)10-2/h11-13H,3-10H2,1-2H3;10H,3-9H2,1-2H3;4-5H2,1-3H3;8H,4-6H2,1-3H3;15H,3-4H2,1-2H3;6,11H,3-5H2,1-2H3;3-5H2,1-2H3;3-4H2,1-2H3. The average Bonchev–Trinajstić information content (AvgIpc) is 0.726. The number of rotatable bonds is 47. The van der Waals surface area contributed by atoms with E-state index in [1.807, 2.05) is 0 Å². The van der Waals surface area contributed by atoms with E-state index in [0.717, 1.165) is 32.6 Å². The minimum absolute atomic E-state index is 0.0175. The number of carbonyl (C=O) groups is 12. The van der Waals surface area contributed by atoms with Crippen LogP contribution >= 0.6 is 0 Å². The summed E-state index contributed by atoms with van der Waals surface area (Å²) in [5, 5.41) is 18.0. The predicted molar refractivity (Wildman–Crippen MR) is 430 cm³/mol. The summed E-state index contributed by atoms with van der Waals surface area (Å²) in [6.45, 7) is 0.0153. The number of carbonyl (C=O) groups excluding carboxylic acids is 12. The molecule has 5 aliphatic rings. The van der Waals surface area contributed by atoms with Crippen LogP contribution in [0, 0.1) is 29.1 Å². The van der Waals surface area contributed by atoms with Crippen molar-refractivity contribution in [2.24, 2.45) is 29.1 Å². The third-order valence-corrected chi connectivity index (χ3v) is 19.1. The second-order valence-electron chi connectivity index (χ2n) is 32.7. The molecule has 6 atom stereocenters. The molecule has 0 saturated heterocycles. The summed E-state index contributed by atoms with van der Waals surface area (Å²) in [5.74, 6) is -44.4. The van der Waals surface area contributed by atoms with E-state index in [1.54, 1.807) is 0 Å². The van der Waals surface area contributed by atoms with E-state index >= 15 is 0 Å². The number of aliphatic hydroxyl groups is 2. The van der Waals surface area contributed by atoms with Gasteiger partial charge < -0.3 is 105 Å². The quantitative estimate of drug-likeness (QED) is 0.0188. The number of hydrogen-bond acceptors (Lipinski definition) is 34. The monoisotopic (exact) mass is 2190 g/mol. The van der Waals surface area contributed by atoms with E-state index < -0.39 is 256 Å². The Balaban J connectivity index is -0.000000800. The maximum Gasteiger partial charge on any atom is 0.468 e. The molecule has 0 aromatic rings. The van der Waals surface area contributed by atoms with Crippen LogP contribution in [0.5, 0.6) is 0 Å². The lowest BCUT2D eigenvalue weighted by atomic mass is 9.49. The van der Waals surface area contributed by atoms with Crippen LogP contribution in [0.15, 0.2) is 0 Å². The first-order chi connectivity index (χ1) is 65.5. The maximum absolute atomic E-state index is 13.9. The zero-order valence-corrected chi connectivity index (χ0v) is 81.7. The Morgan fingerprint density at radius 2 is 0.641 bits per heavy atom. The molecule has 854 valence electrons. The number of halogens is 28. The third-order valence-electron chi connectivity index (χ3n) is 19.1. The average molecular weight is 2200 g/mol. The van der Waals surface area contributed by atoms with Gasteiger partial charge in [0.2, 0.25) is 23.7 Å². The molecule has 34 nitrogen and oxygen atoms in total. The lowest BCUT2D eigenvalue weighted by Gasteiger charge is -2.55.